The summed E-state index contributed by atoms with van der Waals surface area (Å²) in [4.78, 5) is 2.58. The van der Waals surface area contributed by atoms with Crippen LogP contribution in [0.1, 0.15) is 184 Å². The first-order valence-corrected chi connectivity index (χ1v) is 33.8. The van der Waals surface area contributed by atoms with Gasteiger partial charge in [-0.1, -0.05) is 250 Å². The Bertz CT molecular complexity index is 4560. The molecule has 448 valence electrons. The van der Waals surface area contributed by atoms with Crippen molar-refractivity contribution in [1.82, 2.24) is 0 Å². The van der Waals surface area contributed by atoms with Crippen molar-refractivity contribution >= 4 is 17.1 Å². The molecule has 2 aliphatic heterocycles. The molecule has 2 spiro atoms. The first kappa shape index (κ1) is 55.9. The SMILES string of the molecule is CC(C)(C)c1ccc2c(c1)C1(c3cc(C(C)(C)C)ccc3O2)c2ccccc2-c2ccc(N(c3ccc4c(c3)C3(c5ccccc5O4)c4cc(C5CCCCC5)ccc4-c4ccc(C5CCCCC5)cc43)c3ccccc3-c3ccc(-c4ccccc4)cc3)cc21. The summed E-state index contributed by atoms with van der Waals surface area (Å²) >= 11 is 0. The van der Waals surface area contributed by atoms with E-state index in [1.807, 2.05) is 0 Å². The number of benzene rings is 11. The first-order valence-electron chi connectivity index (χ1n) is 33.8. The largest absolute Gasteiger partial charge is 0.457 e. The van der Waals surface area contributed by atoms with E-state index in [1.54, 1.807) is 0 Å². The Balaban J connectivity index is 0.946. The van der Waals surface area contributed by atoms with Gasteiger partial charge in [0, 0.05) is 39.2 Å². The van der Waals surface area contributed by atoms with E-state index < -0.39 is 10.8 Å². The molecule has 3 heteroatoms. The molecule has 11 aromatic carbocycles. The number of ether oxygens (including phenoxy) is 2. The number of fused-ring (bicyclic) bond motifs is 18. The third kappa shape index (κ3) is 8.73. The maximum absolute atomic E-state index is 7.35. The Morgan fingerprint density at radius 1 is 0.308 bits per heavy atom. The highest BCUT2D eigenvalue weighted by Crippen LogP contribution is 2.66. The van der Waals surface area contributed by atoms with Crippen LogP contribution in [0, 0.1) is 0 Å². The van der Waals surface area contributed by atoms with Crippen molar-refractivity contribution < 1.29 is 9.47 Å². The van der Waals surface area contributed by atoms with E-state index in [1.165, 1.54) is 164 Å². The zero-order valence-electron chi connectivity index (χ0n) is 53.5. The molecule has 17 rings (SSSR count). The van der Waals surface area contributed by atoms with Crippen molar-refractivity contribution in [3.05, 3.63) is 303 Å². The van der Waals surface area contributed by atoms with E-state index in [0.717, 1.165) is 51.2 Å². The summed E-state index contributed by atoms with van der Waals surface area (Å²) in [6.45, 7) is 14.0. The van der Waals surface area contributed by atoms with E-state index in [2.05, 4.69) is 283 Å². The zero-order chi connectivity index (χ0) is 61.4. The van der Waals surface area contributed by atoms with Gasteiger partial charge in [0.15, 0.2) is 0 Å². The molecular formula is C88H79NO2. The smallest absolute Gasteiger partial charge is 0.132 e. The van der Waals surface area contributed by atoms with Gasteiger partial charge in [0.1, 0.15) is 23.0 Å². The van der Waals surface area contributed by atoms with Gasteiger partial charge >= 0.3 is 0 Å². The molecule has 0 unspecified atom stereocenters. The van der Waals surface area contributed by atoms with Crippen molar-refractivity contribution in [3.8, 4) is 67.5 Å². The maximum Gasteiger partial charge on any atom is 0.132 e. The molecule has 3 nitrogen and oxygen atoms in total. The molecule has 0 radical (unpaired) electrons. The number of para-hydroxylation sites is 2. The van der Waals surface area contributed by atoms with Crippen molar-refractivity contribution in [2.75, 3.05) is 4.90 Å². The fourth-order valence-corrected chi connectivity index (χ4v) is 17.3. The molecule has 6 aliphatic rings. The molecule has 0 bridgehead atoms. The minimum Gasteiger partial charge on any atom is -0.457 e. The number of hydrogen-bond donors (Lipinski definition) is 0. The topological polar surface area (TPSA) is 21.7 Å². The lowest BCUT2D eigenvalue weighted by Gasteiger charge is -2.42. The van der Waals surface area contributed by atoms with Crippen LogP contribution < -0.4 is 14.4 Å². The van der Waals surface area contributed by atoms with Crippen LogP contribution in [-0.2, 0) is 21.7 Å². The zero-order valence-corrected chi connectivity index (χ0v) is 53.5. The van der Waals surface area contributed by atoms with E-state index in [9.17, 15) is 0 Å². The van der Waals surface area contributed by atoms with Crippen molar-refractivity contribution in [3.63, 3.8) is 0 Å². The Morgan fingerprint density at radius 3 is 1.30 bits per heavy atom. The molecule has 0 aromatic heterocycles. The highest BCUT2D eigenvalue weighted by molar-refractivity contribution is 5.96. The van der Waals surface area contributed by atoms with Crippen molar-refractivity contribution in [2.45, 2.75) is 139 Å². The van der Waals surface area contributed by atoms with Gasteiger partial charge in [-0.2, -0.15) is 0 Å². The number of hydrogen-bond acceptors (Lipinski definition) is 3. The lowest BCUT2D eigenvalue weighted by Crippen LogP contribution is -2.33. The van der Waals surface area contributed by atoms with E-state index >= 15 is 0 Å². The summed E-state index contributed by atoms with van der Waals surface area (Å²) in [6.07, 6.45) is 12.7. The van der Waals surface area contributed by atoms with Crippen LogP contribution in [0.4, 0.5) is 17.1 Å². The second kappa shape index (κ2) is 21.2. The molecule has 11 aromatic rings. The molecule has 0 atom stereocenters. The van der Waals surface area contributed by atoms with Crippen LogP contribution in [0.2, 0.25) is 0 Å². The highest BCUT2D eigenvalue weighted by Gasteiger charge is 2.54. The molecule has 0 amide bonds. The average Bonchev–Trinajstić information content (AvgIpc) is 1.58. The summed E-state index contributed by atoms with van der Waals surface area (Å²) in [5.74, 6) is 4.70. The Labute approximate surface area is 538 Å². The molecule has 91 heavy (non-hydrogen) atoms. The van der Waals surface area contributed by atoms with Crippen LogP contribution in [0.15, 0.2) is 237 Å². The maximum atomic E-state index is 7.35. The van der Waals surface area contributed by atoms with Gasteiger partial charge in [-0.25, -0.2) is 0 Å². The van der Waals surface area contributed by atoms with E-state index in [0.29, 0.717) is 11.8 Å². The monoisotopic (exact) mass is 1180 g/mol. The third-order valence-electron chi connectivity index (χ3n) is 21.9. The van der Waals surface area contributed by atoms with Gasteiger partial charge in [0.25, 0.3) is 0 Å². The lowest BCUT2D eigenvalue weighted by molar-refractivity contribution is 0.433. The lowest BCUT2D eigenvalue weighted by atomic mass is 9.64. The van der Waals surface area contributed by atoms with Gasteiger partial charge in [-0.05, 0) is 199 Å². The molecule has 0 saturated heterocycles. The van der Waals surface area contributed by atoms with Crippen LogP contribution in [-0.4, -0.2) is 0 Å². The predicted molar refractivity (Wildman–Crippen MR) is 376 cm³/mol. The second-order valence-corrected chi connectivity index (χ2v) is 29.2. The van der Waals surface area contributed by atoms with Gasteiger partial charge in [0.2, 0.25) is 0 Å². The van der Waals surface area contributed by atoms with Crippen LogP contribution in [0.25, 0.3) is 44.5 Å². The standard InChI is InChI=1S/C88H79NO2/c1-85(2,3)63-40-47-82-77(52-63)87(78-53-64(86(4,5)6)41-48-83(78)91-82)72-30-18-16-29-68(72)71-46-42-65(54-76(71)87)89(80-32-20-17-28-67(80)60-36-34-59(35-37-60)56-22-10-7-11-23-56)66-43-49-84-79(55-66)88(73-31-19-21-33-81(73)90-84)74-50-61(57-24-12-8-13-25-57)38-44-69(74)70-45-39-62(51-75(70)88)58-26-14-9-15-27-58/h7,10-11,16-23,28-55,57-58H,8-9,12-15,24-27H2,1-6H3. The van der Waals surface area contributed by atoms with Gasteiger partial charge < -0.3 is 14.4 Å². The van der Waals surface area contributed by atoms with Crippen LogP contribution >= 0.6 is 0 Å². The molecule has 0 N–H and O–H groups in total. The molecule has 4 aliphatic carbocycles. The number of anilines is 3. The van der Waals surface area contributed by atoms with E-state index in [-0.39, 0.29) is 10.8 Å². The van der Waals surface area contributed by atoms with Crippen molar-refractivity contribution in [1.29, 1.82) is 0 Å². The fraction of sp³-hybridized carbons (Fsp3) is 0.250. The van der Waals surface area contributed by atoms with Gasteiger partial charge in [-0.3, -0.25) is 0 Å². The van der Waals surface area contributed by atoms with E-state index in [4.69, 9.17) is 9.47 Å². The summed E-state index contributed by atoms with van der Waals surface area (Å²) in [5, 5.41) is 0. The first-order chi connectivity index (χ1) is 44.3. The minimum absolute atomic E-state index is 0.115. The van der Waals surface area contributed by atoms with Gasteiger partial charge in [0.05, 0.1) is 16.5 Å². The second-order valence-electron chi connectivity index (χ2n) is 29.2. The minimum atomic E-state index is -0.730. The predicted octanol–water partition coefficient (Wildman–Crippen LogP) is 24.1. The summed E-state index contributed by atoms with van der Waals surface area (Å²) < 4.78 is 14.5. The fourth-order valence-electron chi connectivity index (χ4n) is 17.3. The van der Waals surface area contributed by atoms with Crippen molar-refractivity contribution in [2.24, 2.45) is 0 Å². The molecular weight excluding hydrogens is 1100 g/mol. The summed E-state index contributed by atoms with van der Waals surface area (Å²) in [6, 6.07) is 91.1. The number of nitrogens with zero attached hydrogens (tertiary/aromatic N) is 1. The molecule has 2 saturated carbocycles. The van der Waals surface area contributed by atoms with Gasteiger partial charge in [-0.15, -0.1) is 0 Å². The third-order valence-corrected chi connectivity index (χ3v) is 21.9. The highest BCUT2D eigenvalue weighted by atomic mass is 16.5. The Morgan fingerprint density at radius 2 is 0.714 bits per heavy atom. The normalized spacial score (nSPS) is 16.5. The quantitative estimate of drug-likeness (QED) is 0.159. The Hall–Kier alpha value is -9.18. The number of rotatable bonds is 7. The summed E-state index contributed by atoms with van der Waals surface area (Å²) in [5.41, 5.74) is 27.0. The Kier molecular flexibility index (Phi) is 13.0. The molecule has 2 heterocycles. The summed E-state index contributed by atoms with van der Waals surface area (Å²) in [7, 11) is 0. The van der Waals surface area contributed by atoms with Crippen LogP contribution in [0.5, 0.6) is 23.0 Å². The van der Waals surface area contributed by atoms with Crippen LogP contribution in [0.3, 0.4) is 0 Å². The average molecular weight is 1180 g/mol. The molecule has 2 fully saturated rings.